The quantitative estimate of drug-likeness (QED) is 0.326. The molecule has 1 amide bonds. The van der Waals surface area contributed by atoms with Gasteiger partial charge in [0.25, 0.3) is 5.91 Å². The highest BCUT2D eigenvalue weighted by molar-refractivity contribution is 8.93. The van der Waals surface area contributed by atoms with Crippen LogP contribution in [0.25, 0.3) is 11.0 Å². The van der Waals surface area contributed by atoms with E-state index in [9.17, 15) is 9.59 Å². The Bertz CT molecular complexity index is 1010. The number of halogens is 3. The van der Waals surface area contributed by atoms with Gasteiger partial charge in [-0.25, -0.2) is 4.98 Å². The minimum Gasteiger partial charge on any atom is -0.481 e. The molecule has 2 aliphatic rings. The van der Waals surface area contributed by atoms with Crippen molar-refractivity contribution in [1.29, 1.82) is 0 Å². The smallest absolute Gasteiger partial charge is 0.305 e. The number of aromatic nitrogens is 2. The number of rotatable bonds is 11. The van der Waals surface area contributed by atoms with Gasteiger partial charge < -0.3 is 30.1 Å². The Morgan fingerprint density at radius 2 is 1.79 bits per heavy atom. The summed E-state index contributed by atoms with van der Waals surface area (Å²) in [5, 5.41) is 14.9. The number of hydrogen-bond acceptors (Lipinski definition) is 6. The van der Waals surface area contributed by atoms with Gasteiger partial charge in [-0.2, -0.15) is 0 Å². The van der Waals surface area contributed by atoms with E-state index >= 15 is 0 Å². The molecule has 2 fully saturated rings. The lowest BCUT2D eigenvalue weighted by Gasteiger charge is -2.32. The third-order valence-electron chi connectivity index (χ3n) is 7.40. The standard InChI is InChI=1S/C26H40N6O3.3BrH/c1-30-15-17-31(18-16-30)13-2-14-32-23-5-4-21(26(35)28-12-9-25(33)34)19-22(23)29-24(32)6-3-20-7-10-27-11-8-20;;;/h4-5,19-20,27H,2-3,6-18H2,1H3,(H,28,35)(H,33,34);3*1H. The molecule has 0 bridgehead atoms. The molecule has 2 aliphatic heterocycles. The van der Waals surface area contributed by atoms with Crippen molar-refractivity contribution in [3.05, 3.63) is 29.6 Å². The predicted octanol–water partition coefficient (Wildman–Crippen LogP) is 3.54. The Balaban J connectivity index is 0.00000241. The molecule has 0 unspecified atom stereocenters. The van der Waals surface area contributed by atoms with Crippen molar-refractivity contribution in [2.24, 2.45) is 5.92 Å². The number of piperidine rings is 1. The average Bonchev–Trinajstić information content (AvgIpc) is 3.21. The van der Waals surface area contributed by atoms with Crippen LogP contribution in [-0.4, -0.2) is 95.7 Å². The van der Waals surface area contributed by atoms with E-state index in [1.165, 1.54) is 12.8 Å². The summed E-state index contributed by atoms with van der Waals surface area (Å²) in [6.45, 7) is 8.86. The van der Waals surface area contributed by atoms with Crippen LogP contribution in [0.15, 0.2) is 18.2 Å². The molecule has 0 radical (unpaired) electrons. The number of nitrogens with zero attached hydrogens (tertiary/aromatic N) is 4. The molecule has 216 valence electrons. The van der Waals surface area contributed by atoms with E-state index in [0.717, 1.165) is 94.4 Å². The summed E-state index contributed by atoms with van der Waals surface area (Å²) in [5.74, 6) is 0.675. The molecule has 38 heavy (non-hydrogen) atoms. The van der Waals surface area contributed by atoms with Crippen molar-refractivity contribution in [2.75, 3.05) is 59.4 Å². The number of fused-ring (bicyclic) bond motifs is 1. The molecule has 0 aliphatic carbocycles. The molecule has 0 saturated carbocycles. The van der Waals surface area contributed by atoms with E-state index in [-0.39, 0.29) is 69.8 Å². The van der Waals surface area contributed by atoms with Gasteiger partial charge in [-0.05, 0) is 76.5 Å². The number of amides is 1. The highest BCUT2D eigenvalue weighted by atomic mass is 79.9. The minimum absolute atomic E-state index is 0. The van der Waals surface area contributed by atoms with E-state index in [4.69, 9.17) is 10.1 Å². The molecule has 2 aromatic rings. The van der Waals surface area contributed by atoms with Gasteiger partial charge >= 0.3 is 5.97 Å². The summed E-state index contributed by atoms with van der Waals surface area (Å²) in [6, 6.07) is 5.67. The molecule has 9 nitrogen and oxygen atoms in total. The maximum absolute atomic E-state index is 12.5. The van der Waals surface area contributed by atoms with E-state index in [1.54, 1.807) is 0 Å². The summed E-state index contributed by atoms with van der Waals surface area (Å²) in [6.07, 6.45) is 5.54. The second kappa shape index (κ2) is 17.6. The van der Waals surface area contributed by atoms with Crippen LogP contribution >= 0.6 is 50.9 Å². The van der Waals surface area contributed by atoms with Crippen molar-refractivity contribution >= 4 is 73.9 Å². The zero-order valence-corrected chi connectivity index (χ0v) is 27.3. The van der Waals surface area contributed by atoms with Crippen LogP contribution in [0.4, 0.5) is 0 Å². The zero-order valence-electron chi connectivity index (χ0n) is 22.2. The summed E-state index contributed by atoms with van der Waals surface area (Å²) in [4.78, 5) is 33.2. The van der Waals surface area contributed by atoms with Crippen molar-refractivity contribution in [2.45, 2.75) is 45.1 Å². The summed E-state index contributed by atoms with van der Waals surface area (Å²) in [7, 11) is 2.18. The molecular weight excluding hydrogens is 684 g/mol. The van der Waals surface area contributed by atoms with Crippen LogP contribution in [0.2, 0.25) is 0 Å². The molecule has 0 atom stereocenters. The number of likely N-dealkylation sites (N-methyl/N-ethyl adjacent to an activating group) is 1. The molecule has 4 rings (SSSR count). The Morgan fingerprint density at radius 3 is 2.47 bits per heavy atom. The third-order valence-corrected chi connectivity index (χ3v) is 7.40. The van der Waals surface area contributed by atoms with Gasteiger partial charge in [0.1, 0.15) is 5.82 Å². The van der Waals surface area contributed by atoms with Crippen molar-refractivity contribution in [1.82, 2.24) is 30.0 Å². The monoisotopic (exact) mass is 724 g/mol. The van der Waals surface area contributed by atoms with Crippen LogP contribution in [0.1, 0.15) is 48.3 Å². The van der Waals surface area contributed by atoms with Gasteiger partial charge in [-0.1, -0.05) is 0 Å². The number of carboxylic acid groups (broad SMARTS) is 1. The van der Waals surface area contributed by atoms with Crippen LogP contribution in [0.5, 0.6) is 0 Å². The van der Waals surface area contributed by atoms with Crippen molar-refractivity contribution < 1.29 is 14.7 Å². The minimum atomic E-state index is -0.922. The lowest BCUT2D eigenvalue weighted by Crippen LogP contribution is -2.44. The van der Waals surface area contributed by atoms with Gasteiger partial charge in [0, 0.05) is 51.3 Å². The Kier molecular flexibility index (Phi) is 16.2. The molecule has 2 saturated heterocycles. The number of aryl methyl sites for hydroxylation is 2. The van der Waals surface area contributed by atoms with Crippen LogP contribution in [0.3, 0.4) is 0 Å². The van der Waals surface area contributed by atoms with Crippen LogP contribution in [0, 0.1) is 5.92 Å². The zero-order chi connectivity index (χ0) is 24.6. The van der Waals surface area contributed by atoms with Crippen LogP contribution in [-0.2, 0) is 17.8 Å². The van der Waals surface area contributed by atoms with Gasteiger partial charge in [0.2, 0.25) is 0 Å². The van der Waals surface area contributed by atoms with Crippen LogP contribution < -0.4 is 10.6 Å². The number of hydrogen-bond donors (Lipinski definition) is 3. The SMILES string of the molecule is Br.Br.Br.CN1CCN(CCCn2c(CCC3CCNCC3)nc3cc(C(=O)NCCC(=O)O)ccc32)CC1. The number of carbonyl (C=O) groups excluding carboxylic acids is 1. The number of carbonyl (C=O) groups is 2. The third kappa shape index (κ3) is 10.2. The maximum atomic E-state index is 12.5. The summed E-state index contributed by atoms with van der Waals surface area (Å²) >= 11 is 0. The summed E-state index contributed by atoms with van der Waals surface area (Å²) in [5.41, 5.74) is 2.44. The fourth-order valence-electron chi connectivity index (χ4n) is 5.17. The van der Waals surface area contributed by atoms with Crippen molar-refractivity contribution in [3.8, 4) is 0 Å². The molecule has 1 aromatic carbocycles. The molecular formula is C26H43Br3N6O3. The second-order valence-electron chi connectivity index (χ2n) is 10.0. The van der Waals surface area contributed by atoms with E-state index in [2.05, 4.69) is 32.0 Å². The first kappa shape index (κ1) is 35.0. The fourth-order valence-corrected chi connectivity index (χ4v) is 5.17. The lowest BCUT2D eigenvalue weighted by molar-refractivity contribution is -0.136. The summed E-state index contributed by atoms with van der Waals surface area (Å²) < 4.78 is 2.36. The van der Waals surface area contributed by atoms with E-state index in [1.807, 2.05) is 18.2 Å². The number of nitrogens with one attached hydrogen (secondary N) is 2. The lowest BCUT2D eigenvalue weighted by atomic mass is 9.93. The number of aliphatic carboxylic acids is 1. The largest absolute Gasteiger partial charge is 0.481 e. The van der Waals surface area contributed by atoms with Gasteiger partial charge in [0.05, 0.1) is 17.5 Å². The number of benzene rings is 1. The van der Waals surface area contributed by atoms with Gasteiger partial charge in [-0.15, -0.1) is 50.9 Å². The number of piperazine rings is 1. The Labute approximate surface area is 257 Å². The highest BCUT2D eigenvalue weighted by Crippen LogP contribution is 2.23. The molecule has 3 heterocycles. The average molecular weight is 727 g/mol. The fraction of sp³-hybridized carbons (Fsp3) is 0.654. The highest BCUT2D eigenvalue weighted by Gasteiger charge is 2.18. The van der Waals surface area contributed by atoms with Gasteiger partial charge in [-0.3, -0.25) is 9.59 Å². The first-order valence-electron chi connectivity index (χ1n) is 13.1. The second-order valence-corrected chi connectivity index (χ2v) is 10.0. The number of imidazole rings is 1. The normalized spacial score (nSPS) is 16.8. The first-order chi connectivity index (χ1) is 17.0. The Morgan fingerprint density at radius 1 is 1.08 bits per heavy atom. The van der Waals surface area contributed by atoms with E-state index in [0.29, 0.717) is 5.56 Å². The number of carboxylic acids is 1. The van der Waals surface area contributed by atoms with Gasteiger partial charge in [0.15, 0.2) is 0 Å². The first-order valence-corrected chi connectivity index (χ1v) is 13.1. The maximum Gasteiger partial charge on any atom is 0.305 e. The predicted molar refractivity (Wildman–Crippen MR) is 168 cm³/mol. The molecule has 0 spiro atoms. The topological polar surface area (TPSA) is 103 Å². The molecule has 12 heteroatoms. The molecule has 1 aromatic heterocycles. The Hall–Kier alpha value is -1.05. The van der Waals surface area contributed by atoms with E-state index < -0.39 is 5.97 Å². The van der Waals surface area contributed by atoms with Crippen molar-refractivity contribution in [3.63, 3.8) is 0 Å². The molecule has 3 N–H and O–H groups in total.